The van der Waals surface area contributed by atoms with E-state index >= 15 is 0 Å². The highest BCUT2D eigenvalue weighted by Crippen LogP contribution is 2.26. The molecule has 0 bridgehead atoms. The first-order valence-electron chi connectivity index (χ1n) is 2.67. The molecule has 1 aromatic rings. The molecule has 0 aliphatic carbocycles. The molecule has 1 amide bonds. The number of aryl methyl sites for hydroxylation is 1. The minimum atomic E-state index is -0.362. The minimum Gasteiger partial charge on any atom is -0.365 e. The molecule has 0 aliphatic heterocycles. The van der Waals surface area contributed by atoms with Gasteiger partial charge in [-0.1, -0.05) is 0 Å². The summed E-state index contributed by atoms with van der Waals surface area (Å²) in [6.45, 7) is 1.92. The van der Waals surface area contributed by atoms with Gasteiger partial charge in [0.15, 0.2) is 0 Å². The molecule has 54 valence electrons. The predicted molar refractivity (Wildman–Crippen MR) is 45.3 cm³/mol. The number of thiophene rings is 1. The third-order valence-electron chi connectivity index (χ3n) is 1.10. The van der Waals surface area contributed by atoms with Gasteiger partial charge in [-0.2, -0.15) is 0 Å². The topological polar surface area (TPSA) is 43.1 Å². The SMILES string of the molecule is Cc1cc(C(N)=O)sc1Br. The largest absolute Gasteiger partial charge is 0.365 e. The van der Waals surface area contributed by atoms with Gasteiger partial charge in [0.25, 0.3) is 5.91 Å². The Morgan fingerprint density at radius 2 is 2.40 bits per heavy atom. The van der Waals surface area contributed by atoms with Crippen molar-refractivity contribution >= 4 is 33.2 Å². The molecular formula is C6H6BrNOS. The number of amides is 1. The van der Waals surface area contributed by atoms with Crippen LogP contribution in [0.3, 0.4) is 0 Å². The third-order valence-corrected chi connectivity index (χ3v) is 3.25. The molecule has 0 spiro atoms. The number of hydrogen-bond acceptors (Lipinski definition) is 2. The molecule has 2 nitrogen and oxygen atoms in total. The normalized spacial score (nSPS) is 9.80. The molecule has 0 unspecified atom stereocenters. The Labute approximate surface area is 71.2 Å². The fourth-order valence-electron chi connectivity index (χ4n) is 0.581. The Morgan fingerprint density at radius 1 is 1.80 bits per heavy atom. The number of carbonyl (C=O) groups is 1. The Morgan fingerprint density at radius 3 is 2.60 bits per heavy atom. The highest BCUT2D eigenvalue weighted by molar-refractivity contribution is 9.11. The van der Waals surface area contributed by atoms with Gasteiger partial charge in [0, 0.05) is 0 Å². The van der Waals surface area contributed by atoms with Crippen LogP contribution in [0.15, 0.2) is 9.85 Å². The van der Waals surface area contributed by atoms with Crippen LogP contribution in [0.4, 0.5) is 0 Å². The van der Waals surface area contributed by atoms with Crippen molar-refractivity contribution in [2.24, 2.45) is 5.73 Å². The minimum absolute atomic E-state index is 0.362. The standard InChI is InChI=1S/C6H6BrNOS/c1-3-2-4(6(8)9)10-5(3)7/h2H,1H3,(H2,8,9). The molecule has 1 aromatic heterocycles. The molecule has 0 radical (unpaired) electrons. The van der Waals surface area contributed by atoms with Gasteiger partial charge in [0.1, 0.15) is 0 Å². The van der Waals surface area contributed by atoms with E-state index in [9.17, 15) is 4.79 Å². The lowest BCUT2D eigenvalue weighted by molar-refractivity contribution is 0.100. The molecule has 10 heavy (non-hydrogen) atoms. The monoisotopic (exact) mass is 219 g/mol. The van der Waals surface area contributed by atoms with Gasteiger partial charge in [-0.15, -0.1) is 11.3 Å². The fraction of sp³-hybridized carbons (Fsp3) is 0.167. The molecule has 1 rings (SSSR count). The third kappa shape index (κ3) is 1.38. The predicted octanol–water partition coefficient (Wildman–Crippen LogP) is 1.92. The van der Waals surface area contributed by atoms with Crippen LogP contribution in [0.2, 0.25) is 0 Å². The first-order chi connectivity index (χ1) is 4.61. The second-order valence-corrected chi connectivity index (χ2v) is 4.30. The van der Waals surface area contributed by atoms with Crippen LogP contribution in [-0.4, -0.2) is 5.91 Å². The maximum absolute atomic E-state index is 10.6. The Bertz CT molecular complexity index is 249. The Kier molecular flexibility index (Phi) is 2.11. The second-order valence-electron chi connectivity index (χ2n) is 1.93. The zero-order valence-corrected chi connectivity index (χ0v) is 7.75. The van der Waals surface area contributed by atoms with E-state index in [0.717, 1.165) is 9.35 Å². The number of primary amides is 1. The average Bonchev–Trinajstić information content (AvgIpc) is 2.13. The van der Waals surface area contributed by atoms with Crippen molar-refractivity contribution in [3.8, 4) is 0 Å². The molecule has 4 heteroatoms. The van der Waals surface area contributed by atoms with E-state index < -0.39 is 0 Å². The van der Waals surface area contributed by atoms with Gasteiger partial charge in [0.05, 0.1) is 8.66 Å². The van der Waals surface area contributed by atoms with E-state index in [1.807, 2.05) is 6.92 Å². The number of halogens is 1. The van der Waals surface area contributed by atoms with Gasteiger partial charge >= 0.3 is 0 Å². The fourth-order valence-corrected chi connectivity index (χ4v) is 1.97. The summed E-state index contributed by atoms with van der Waals surface area (Å²) >= 11 is 4.66. The number of hydrogen-bond donors (Lipinski definition) is 1. The van der Waals surface area contributed by atoms with Gasteiger partial charge < -0.3 is 5.73 Å². The zero-order valence-electron chi connectivity index (χ0n) is 5.35. The Balaban J connectivity index is 3.10. The quantitative estimate of drug-likeness (QED) is 0.771. The molecule has 1 heterocycles. The molecule has 0 saturated carbocycles. The molecule has 0 atom stereocenters. The van der Waals surface area contributed by atoms with Crippen LogP contribution in [0.1, 0.15) is 15.2 Å². The van der Waals surface area contributed by atoms with Crippen LogP contribution in [0, 0.1) is 6.92 Å². The van der Waals surface area contributed by atoms with Crippen LogP contribution in [0.5, 0.6) is 0 Å². The summed E-state index contributed by atoms with van der Waals surface area (Å²) in [5.74, 6) is -0.362. The van der Waals surface area contributed by atoms with E-state index in [2.05, 4.69) is 15.9 Å². The number of nitrogens with two attached hydrogens (primary N) is 1. The maximum Gasteiger partial charge on any atom is 0.258 e. The van der Waals surface area contributed by atoms with Crippen molar-refractivity contribution in [2.75, 3.05) is 0 Å². The van der Waals surface area contributed by atoms with E-state index in [-0.39, 0.29) is 5.91 Å². The summed E-state index contributed by atoms with van der Waals surface area (Å²) in [4.78, 5) is 11.2. The lowest BCUT2D eigenvalue weighted by atomic mass is 10.3. The van der Waals surface area contributed by atoms with E-state index in [1.165, 1.54) is 11.3 Å². The lowest BCUT2D eigenvalue weighted by Gasteiger charge is -1.81. The van der Waals surface area contributed by atoms with Crippen molar-refractivity contribution < 1.29 is 4.79 Å². The molecule has 2 N–H and O–H groups in total. The van der Waals surface area contributed by atoms with Gasteiger partial charge in [-0.3, -0.25) is 4.79 Å². The van der Waals surface area contributed by atoms with Crippen molar-refractivity contribution in [3.63, 3.8) is 0 Å². The molecule has 0 aromatic carbocycles. The maximum atomic E-state index is 10.6. The van der Waals surface area contributed by atoms with Crippen LogP contribution in [0.25, 0.3) is 0 Å². The zero-order chi connectivity index (χ0) is 7.72. The van der Waals surface area contributed by atoms with Crippen molar-refractivity contribution in [1.82, 2.24) is 0 Å². The summed E-state index contributed by atoms with van der Waals surface area (Å²) in [7, 11) is 0. The summed E-state index contributed by atoms with van der Waals surface area (Å²) in [6, 6.07) is 1.77. The van der Waals surface area contributed by atoms with Gasteiger partial charge in [0.2, 0.25) is 0 Å². The van der Waals surface area contributed by atoms with Crippen molar-refractivity contribution in [3.05, 3.63) is 20.3 Å². The first-order valence-corrected chi connectivity index (χ1v) is 4.28. The molecule has 0 aliphatic rings. The summed E-state index contributed by atoms with van der Waals surface area (Å²) in [5.41, 5.74) is 6.10. The summed E-state index contributed by atoms with van der Waals surface area (Å²) in [6.07, 6.45) is 0. The summed E-state index contributed by atoms with van der Waals surface area (Å²) < 4.78 is 0.973. The number of rotatable bonds is 1. The highest BCUT2D eigenvalue weighted by atomic mass is 79.9. The highest BCUT2D eigenvalue weighted by Gasteiger charge is 2.06. The van der Waals surface area contributed by atoms with Crippen LogP contribution >= 0.6 is 27.3 Å². The van der Waals surface area contributed by atoms with E-state index in [4.69, 9.17) is 5.73 Å². The number of carbonyl (C=O) groups excluding carboxylic acids is 1. The molecule has 0 fully saturated rings. The molecular weight excluding hydrogens is 214 g/mol. The van der Waals surface area contributed by atoms with E-state index in [0.29, 0.717) is 4.88 Å². The van der Waals surface area contributed by atoms with E-state index in [1.54, 1.807) is 6.07 Å². The van der Waals surface area contributed by atoms with Crippen molar-refractivity contribution in [1.29, 1.82) is 0 Å². The first kappa shape index (κ1) is 7.75. The summed E-state index contributed by atoms with van der Waals surface area (Å²) in [5, 5.41) is 0. The Hall–Kier alpha value is -0.350. The average molecular weight is 220 g/mol. The van der Waals surface area contributed by atoms with Crippen LogP contribution in [-0.2, 0) is 0 Å². The van der Waals surface area contributed by atoms with Gasteiger partial charge in [-0.25, -0.2) is 0 Å². The van der Waals surface area contributed by atoms with Gasteiger partial charge in [-0.05, 0) is 34.5 Å². The van der Waals surface area contributed by atoms with Crippen molar-refractivity contribution in [2.45, 2.75) is 6.92 Å². The second kappa shape index (κ2) is 2.72. The lowest BCUT2D eigenvalue weighted by Crippen LogP contribution is -2.08. The van der Waals surface area contributed by atoms with Crippen LogP contribution < -0.4 is 5.73 Å². The molecule has 0 saturated heterocycles. The smallest absolute Gasteiger partial charge is 0.258 e.